The molecule has 208 valence electrons. The van der Waals surface area contributed by atoms with Crippen LogP contribution in [0, 0.1) is 0 Å². The summed E-state index contributed by atoms with van der Waals surface area (Å²) in [5.41, 5.74) is 9.53. The van der Waals surface area contributed by atoms with Gasteiger partial charge in [-0.2, -0.15) is 0 Å². The molecule has 0 unspecified atom stereocenters. The molecule has 0 aliphatic heterocycles. The van der Waals surface area contributed by atoms with Gasteiger partial charge in [0.2, 0.25) is 0 Å². The molecule has 0 radical (unpaired) electrons. The van der Waals surface area contributed by atoms with Crippen LogP contribution in [-0.2, 0) is 0 Å². The van der Waals surface area contributed by atoms with E-state index in [-0.39, 0.29) is 0 Å². The van der Waals surface area contributed by atoms with E-state index in [9.17, 15) is 0 Å². The first kappa shape index (κ1) is 24.7. The van der Waals surface area contributed by atoms with Crippen LogP contribution in [0.5, 0.6) is 0 Å². The number of nitrogens with zero attached hydrogens (tertiary/aromatic N) is 6. The number of hydrogen-bond donors (Lipinski definition) is 0. The average molecular weight is 567 g/mol. The van der Waals surface area contributed by atoms with Crippen LogP contribution in [0.3, 0.4) is 0 Å². The highest BCUT2D eigenvalue weighted by atomic mass is 15.1. The van der Waals surface area contributed by atoms with E-state index in [0.717, 1.165) is 74.3 Å². The first-order valence-electron chi connectivity index (χ1n) is 14.9. The summed E-state index contributed by atoms with van der Waals surface area (Å²) in [5.74, 6) is 0. The van der Waals surface area contributed by atoms with Crippen LogP contribution in [0.4, 0.5) is 0 Å². The quantitative estimate of drug-likeness (QED) is 0.213. The fourth-order valence-electron chi connectivity index (χ4n) is 6.52. The molecule has 0 amide bonds. The summed E-state index contributed by atoms with van der Waals surface area (Å²) >= 11 is 0. The Hall–Kier alpha value is -5.88. The highest BCUT2D eigenvalue weighted by Gasteiger charge is 2.21. The molecule has 2 aromatic carbocycles. The lowest BCUT2D eigenvalue weighted by Crippen LogP contribution is -2.02. The largest absolute Gasteiger partial charge is 0.298 e. The highest BCUT2D eigenvalue weighted by Crippen LogP contribution is 2.39. The molecule has 9 rings (SSSR count). The molecule has 0 spiro atoms. The predicted molar refractivity (Wildman–Crippen MR) is 178 cm³/mol. The van der Waals surface area contributed by atoms with E-state index >= 15 is 0 Å². The van der Waals surface area contributed by atoms with E-state index in [4.69, 9.17) is 9.97 Å². The van der Waals surface area contributed by atoms with Crippen LogP contribution in [0.25, 0.3) is 78.0 Å². The van der Waals surface area contributed by atoms with Gasteiger partial charge in [-0.25, -0.2) is 9.97 Å². The molecule has 6 nitrogen and oxygen atoms in total. The van der Waals surface area contributed by atoms with Crippen molar-refractivity contribution in [1.82, 2.24) is 29.1 Å². The summed E-state index contributed by atoms with van der Waals surface area (Å²) in [6.07, 6.45) is 12.2. The maximum Gasteiger partial charge on any atom is 0.148 e. The molecule has 0 bridgehead atoms. The first-order chi connectivity index (χ1) is 21.8. The minimum Gasteiger partial charge on any atom is -0.298 e. The number of allylic oxidation sites excluding steroid dienone is 4. The van der Waals surface area contributed by atoms with Gasteiger partial charge in [0.05, 0.1) is 39.5 Å². The molecule has 0 saturated heterocycles. The van der Waals surface area contributed by atoms with Crippen LogP contribution >= 0.6 is 0 Å². The Bertz CT molecular complexity index is 2370. The number of aromatic nitrogens is 6. The van der Waals surface area contributed by atoms with Crippen molar-refractivity contribution in [3.63, 3.8) is 0 Å². The Labute approximate surface area is 253 Å². The van der Waals surface area contributed by atoms with E-state index in [1.165, 1.54) is 16.6 Å². The van der Waals surface area contributed by atoms with Crippen LogP contribution < -0.4 is 0 Å². The summed E-state index contributed by atoms with van der Waals surface area (Å²) < 4.78 is 4.61. The third-order valence-electron chi connectivity index (χ3n) is 8.48. The van der Waals surface area contributed by atoms with Crippen LogP contribution in [-0.4, -0.2) is 29.1 Å². The SMILES string of the molecule is C1=CCCC(n2c3ccccc3c3cc4c5ccccc5n(-c5cc(-c6ccccn6)nc(-c6ccccn6)c5)c4nc32)=C1. The van der Waals surface area contributed by atoms with Crippen molar-refractivity contribution in [2.45, 2.75) is 12.8 Å². The summed E-state index contributed by atoms with van der Waals surface area (Å²) in [6, 6.07) is 35.5. The zero-order valence-electron chi connectivity index (χ0n) is 23.8. The minimum atomic E-state index is 0.782. The van der Waals surface area contributed by atoms with Gasteiger partial charge in [0.25, 0.3) is 0 Å². The highest BCUT2D eigenvalue weighted by molar-refractivity contribution is 6.17. The van der Waals surface area contributed by atoms with E-state index < -0.39 is 0 Å². The van der Waals surface area contributed by atoms with Crippen molar-refractivity contribution in [3.8, 4) is 28.5 Å². The monoisotopic (exact) mass is 566 g/mol. The third-order valence-corrected chi connectivity index (χ3v) is 8.48. The lowest BCUT2D eigenvalue weighted by atomic mass is 10.1. The number of hydrogen-bond acceptors (Lipinski definition) is 4. The summed E-state index contributed by atoms with van der Waals surface area (Å²) in [5, 5.41) is 4.64. The van der Waals surface area contributed by atoms with Gasteiger partial charge < -0.3 is 0 Å². The summed E-state index contributed by atoms with van der Waals surface area (Å²) in [6.45, 7) is 0. The van der Waals surface area contributed by atoms with Crippen molar-refractivity contribution in [2.75, 3.05) is 0 Å². The normalized spacial score (nSPS) is 13.3. The Morgan fingerprint density at radius 2 is 1.11 bits per heavy atom. The second-order valence-electron chi connectivity index (χ2n) is 11.1. The van der Waals surface area contributed by atoms with Gasteiger partial charge in [0.15, 0.2) is 0 Å². The van der Waals surface area contributed by atoms with Crippen molar-refractivity contribution < 1.29 is 0 Å². The lowest BCUT2D eigenvalue weighted by Gasteiger charge is -2.14. The Morgan fingerprint density at radius 3 is 1.70 bits per heavy atom. The number of pyridine rings is 4. The standard InChI is InChI=1S/C38H26N6/c1-2-12-25(13-3-1)43-35-18-6-4-14-27(35)29-24-30-28-15-5-7-19-36(28)44(38(30)42-37(29)43)26-22-33(31-16-8-10-20-39-31)41-34(23-26)32-17-9-11-21-40-32/h1-2,4-12,14-24H,3,13H2. The Morgan fingerprint density at radius 1 is 0.523 bits per heavy atom. The van der Waals surface area contributed by atoms with Gasteiger partial charge in [-0.15, -0.1) is 0 Å². The molecule has 6 heterocycles. The average Bonchev–Trinajstić information content (AvgIpc) is 3.60. The maximum absolute atomic E-state index is 5.52. The Balaban J connectivity index is 1.40. The molecule has 0 N–H and O–H groups in total. The van der Waals surface area contributed by atoms with Gasteiger partial charge in [-0.05, 0) is 73.5 Å². The van der Waals surface area contributed by atoms with E-state index in [2.05, 4.69) is 104 Å². The van der Waals surface area contributed by atoms with Gasteiger partial charge in [0.1, 0.15) is 11.3 Å². The van der Waals surface area contributed by atoms with Crippen LogP contribution in [0.1, 0.15) is 12.8 Å². The van der Waals surface area contributed by atoms with E-state index in [1.807, 2.05) is 36.4 Å². The number of rotatable bonds is 4. The topological polar surface area (TPSA) is 61.4 Å². The lowest BCUT2D eigenvalue weighted by molar-refractivity contribution is 0.971. The molecular formula is C38H26N6. The molecule has 1 aliphatic rings. The zero-order chi connectivity index (χ0) is 29.0. The zero-order valence-corrected chi connectivity index (χ0v) is 23.8. The molecule has 8 aromatic rings. The maximum atomic E-state index is 5.52. The Kier molecular flexibility index (Phi) is 5.53. The van der Waals surface area contributed by atoms with Crippen LogP contribution in [0.15, 0.2) is 134 Å². The van der Waals surface area contributed by atoms with Crippen molar-refractivity contribution in [1.29, 1.82) is 0 Å². The van der Waals surface area contributed by atoms with E-state index in [0.29, 0.717) is 0 Å². The second kappa shape index (κ2) is 9.85. The molecule has 6 aromatic heterocycles. The van der Waals surface area contributed by atoms with Gasteiger partial charge >= 0.3 is 0 Å². The first-order valence-corrected chi connectivity index (χ1v) is 14.9. The molecule has 0 saturated carbocycles. The van der Waals surface area contributed by atoms with Gasteiger partial charge in [0, 0.05) is 39.6 Å². The molecule has 1 aliphatic carbocycles. The fraction of sp³-hybridized carbons (Fsp3) is 0.0526. The minimum absolute atomic E-state index is 0.782. The third kappa shape index (κ3) is 3.81. The fourth-order valence-corrected chi connectivity index (χ4v) is 6.52. The van der Waals surface area contributed by atoms with E-state index in [1.54, 1.807) is 12.4 Å². The molecular weight excluding hydrogens is 540 g/mol. The smallest absolute Gasteiger partial charge is 0.148 e. The van der Waals surface area contributed by atoms with Crippen molar-refractivity contribution >= 4 is 49.6 Å². The molecule has 0 atom stereocenters. The number of para-hydroxylation sites is 2. The van der Waals surface area contributed by atoms with Crippen molar-refractivity contribution in [2.24, 2.45) is 0 Å². The van der Waals surface area contributed by atoms with Gasteiger partial charge in [-0.3, -0.25) is 19.1 Å². The van der Waals surface area contributed by atoms with Crippen molar-refractivity contribution in [3.05, 3.63) is 134 Å². The number of benzene rings is 2. The predicted octanol–water partition coefficient (Wildman–Crippen LogP) is 9.00. The molecule has 44 heavy (non-hydrogen) atoms. The number of fused-ring (bicyclic) bond motifs is 6. The van der Waals surface area contributed by atoms with Crippen LogP contribution in [0.2, 0.25) is 0 Å². The summed E-state index contributed by atoms with van der Waals surface area (Å²) in [4.78, 5) is 19.8. The molecule has 6 heteroatoms. The molecule has 0 fully saturated rings. The van der Waals surface area contributed by atoms with Gasteiger partial charge in [-0.1, -0.05) is 60.7 Å². The second-order valence-corrected chi connectivity index (χ2v) is 11.1. The summed E-state index contributed by atoms with van der Waals surface area (Å²) in [7, 11) is 0.